The van der Waals surface area contributed by atoms with Gasteiger partial charge in [0.05, 0.1) is 0 Å². The molecule has 0 aromatic carbocycles. The number of hydrogen-bond acceptors (Lipinski definition) is 3. The molecule has 1 aliphatic rings. The molecular formula is C11H19NO4. The van der Waals surface area contributed by atoms with E-state index in [-0.39, 0.29) is 12.5 Å². The Bertz CT molecular complexity index is 234. The van der Waals surface area contributed by atoms with Crippen LogP contribution >= 0.6 is 0 Å². The SMILES string of the molecule is O=C(O)COCC(=O)N1CCCCCCC1. The standard InChI is InChI=1S/C11H19NO4/c13-10(8-16-9-11(14)15)12-6-4-2-1-3-5-7-12/h1-9H2,(H,14,15). The number of ether oxygens (including phenoxy) is 1. The van der Waals surface area contributed by atoms with Crippen LogP contribution in [0, 0.1) is 0 Å². The van der Waals surface area contributed by atoms with Crippen molar-refractivity contribution in [3.63, 3.8) is 0 Å². The number of aliphatic carboxylic acids is 1. The van der Waals surface area contributed by atoms with Gasteiger partial charge in [0.2, 0.25) is 5.91 Å². The number of hydrogen-bond donors (Lipinski definition) is 1. The van der Waals surface area contributed by atoms with E-state index in [2.05, 4.69) is 0 Å². The average molecular weight is 229 g/mol. The zero-order valence-electron chi connectivity index (χ0n) is 9.48. The fraction of sp³-hybridized carbons (Fsp3) is 0.818. The molecule has 1 saturated heterocycles. The topological polar surface area (TPSA) is 66.8 Å². The number of rotatable bonds is 4. The highest BCUT2D eigenvalue weighted by Crippen LogP contribution is 2.10. The molecule has 1 aliphatic heterocycles. The molecule has 0 bridgehead atoms. The third kappa shape index (κ3) is 5.11. The molecule has 0 saturated carbocycles. The summed E-state index contributed by atoms with van der Waals surface area (Å²) in [7, 11) is 0. The maximum atomic E-state index is 11.7. The first-order chi connectivity index (χ1) is 7.70. The van der Waals surface area contributed by atoms with Crippen molar-refractivity contribution in [3.05, 3.63) is 0 Å². The minimum atomic E-state index is -1.04. The third-order valence-corrected chi connectivity index (χ3v) is 2.66. The molecule has 0 aromatic heterocycles. The lowest BCUT2D eigenvalue weighted by Gasteiger charge is -2.24. The zero-order chi connectivity index (χ0) is 11.8. The third-order valence-electron chi connectivity index (χ3n) is 2.66. The second kappa shape index (κ2) is 7.22. The Morgan fingerprint density at radius 1 is 1.00 bits per heavy atom. The van der Waals surface area contributed by atoms with Crippen molar-refractivity contribution < 1.29 is 19.4 Å². The Morgan fingerprint density at radius 2 is 1.56 bits per heavy atom. The lowest BCUT2D eigenvalue weighted by atomic mass is 10.1. The number of carbonyl (C=O) groups excluding carboxylic acids is 1. The van der Waals surface area contributed by atoms with E-state index >= 15 is 0 Å². The first-order valence-corrected chi connectivity index (χ1v) is 5.77. The molecule has 0 unspecified atom stereocenters. The van der Waals surface area contributed by atoms with E-state index in [1.807, 2.05) is 0 Å². The molecule has 5 nitrogen and oxygen atoms in total. The van der Waals surface area contributed by atoms with E-state index in [0.29, 0.717) is 0 Å². The molecule has 1 heterocycles. The largest absolute Gasteiger partial charge is 0.480 e. The zero-order valence-corrected chi connectivity index (χ0v) is 9.48. The molecule has 0 aromatic rings. The summed E-state index contributed by atoms with van der Waals surface area (Å²) in [6.45, 7) is 1.02. The van der Waals surface area contributed by atoms with Gasteiger partial charge < -0.3 is 14.7 Å². The quantitative estimate of drug-likeness (QED) is 0.777. The summed E-state index contributed by atoms with van der Waals surface area (Å²) >= 11 is 0. The van der Waals surface area contributed by atoms with Gasteiger partial charge in [-0.25, -0.2) is 4.79 Å². The number of carbonyl (C=O) groups is 2. The summed E-state index contributed by atoms with van der Waals surface area (Å²) in [4.78, 5) is 23.6. The van der Waals surface area contributed by atoms with Crippen LogP contribution in [0.4, 0.5) is 0 Å². The average Bonchev–Trinajstić information content (AvgIpc) is 2.15. The fourth-order valence-electron chi connectivity index (χ4n) is 1.81. The summed E-state index contributed by atoms with van der Waals surface area (Å²) in [6, 6.07) is 0. The molecule has 0 atom stereocenters. The second-order valence-electron chi connectivity index (χ2n) is 4.04. The molecule has 1 amide bonds. The fourth-order valence-corrected chi connectivity index (χ4v) is 1.81. The molecule has 1 fully saturated rings. The number of amides is 1. The number of carboxylic acid groups (broad SMARTS) is 1. The number of carboxylic acids is 1. The molecule has 0 aliphatic carbocycles. The Kier molecular flexibility index (Phi) is 5.85. The van der Waals surface area contributed by atoms with Gasteiger partial charge in [0, 0.05) is 13.1 Å². The van der Waals surface area contributed by atoms with Crippen molar-refractivity contribution in [2.75, 3.05) is 26.3 Å². The van der Waals surface area contributed by atoms with Crippen molar-refractivity contribution >= 4 is 11.9 Å². The van der Waals surface area contributed by atoms with Crippen molar-refractivity contribution in [2.24, 2.45) is 0 Å². The molecule has 0 spiro atoms. The lowest BCUT2D eigenvalue weighted by Crippen LogP contribution is -2.36. The Labute approximate surface area is 95.4 Å². The van der Waals surface area contributed by atoms with E-state index in [0.717, 1.165) is 25.9 Å². The normalized spacial score (nSPS) is 17.6. The minimum Gasteiger partial charge on any atom is -0.480 e. The van der Waals surface area contributed by atoms with Crippen molar-refractivity contribution in [1.29, 1.82) is 0 Å². The van der Waals surface area contributed by atoms with Crippen molar-refractivity contribution in [1.82, 2.24) is 4.90 Å². The molecule has 0 radical (unpaired) electrons. The van der Waals surface area contributed by atoms with Gasteiger partial charge in [-0.2, -0.15) is 0 Å². The van der Waals surface area contributed by atoms with Crippen LogP contribution < -0.4 is 0 Å². The smallest absolute Gasteiger partial charge is 0.329 e. The minimum absolute atomic E-state index is 0.0943. The van der Waals surface area contributed by atoms with Gasteiger partial charge in [-0.3, -0.25) is 4.79 Å². The van der Waals surface area contributed by atoms with E-state index in [1.165, 1.54) is 19.3 Å². The maximum absolute atomic E-state index is 11.7. The molecular weight excluding hydrogens is 210 g/mol. The summed E-state index contributed by atoms with van der Waals surface area (Å²) < 4.78 is 4.79. The molecule has 92 valence electrons. The first kappa shape index (κ1) is 13.0. The van der Waals surface area contributed by atoms with E-state index in [9.17, 15) is 9.59 Å². The van der Waals surface area contributed by atoms with Crippen molar-refractivity contribution in [2.45, 2.75) is 32.1 Å². The van der Waals surface area contributed by atoms with E-state index in [4.69, 9.17) is 9.84 Å². The predicted molar refractivity (Wildman–Crippen MR) is 58.1 cm³/mol. The highest BCUT2D eigenvalue weighted by atomic mass is 16.5. The second-order valence-corrected chi connectivity index (χ2v) is 4.04. The van der Waals surface area contributed by atoms with Gasteiger partial charge in [-0.05, 0) is 12.8 Å². The molecule has 5 heteroatoms. The van der Waals surface area contributed by atoms with Gasteiger partial charge in [-0.1, -0.05) is 19.3 Å². The predicted octanol–water partition coefficient (Wildman–Crippen LogP) is 0.880. The van der Waals surface area contributed by atoms with E-state index < -0.39 is 12.6 Å². The maximum Gasteiger partial charge on any atom is 0.329 e. The van der Waals surface area contributed by atoms with Crippen LogP contribution in [0.5, 0.6) is 0 Å². The van der Waals surface area contributed by atoms with Gasteiger partial charge in [0.25, 0.3) is 0 Å². The van der Waals surface area contributed by atoms with E-state index in [1.54, 1.807) is 4.90 Å². The summed E-state index contributed by atoms with van der Waals surface area (Å²) in [5, 5.41) is 8.37. The van der Waals surface area contributed by atoms with Crippen LogP contribution in [0.25, 0.3) is 0 Å². The Morgan fingerprint density at radius 3 is 2.12 bits per heavy atom. The van der Waals surface area contributed by atoms with Gasteiger partial charge in [0.1, 0.15) is 13.2 Å². The van der Waals surface area contributed by atoms with Crippen LogP contribution in [0.3, 0.4) is 0 Å². The van der Waals surface area contributed by atoms with Gasteiger partial charge >= 0.3 is 5.97 Å². The summed E-state index contributed by atoms with van der Waals surface area (Å²) in [5.74, 6) is -1.14. The van der Waals surface area contributed by atoms with Gasteiger partial charge in [0.15, 0.2) is 0 Å². The highest BCUT2D eigenvalue weighted by molar-refractivity contribution is 5.78. The summed E-state index contributed by atoms with van der Waals surface area (Å²) in [5.41, 5.74) is 0. The van der Waals surface area contributed by atoms with Crippen molar-refractivity contribution in [3.8, 4) is 0 Å². The Balaban J connectivity index is 2.24. The van der Waals surface area contributed by atoms with Crippen LogP contribution in [-0.4, -0.2) is 48.2 Å². The first-order valence-electron chi connectivity index (χ1n) is 5.77. The van der Waals surface area contributed by atoms with Crippen LogP contribution in [-0.2, 0) is 14.3 Å². The number of likely N-dealkylation sites (tertiary alicyclic amines) is 1. The van der Waals surface area contributed by atoms with Crippen LogP contribution in [0.15, 0.2) is 0 Å². The molecule has 16 heavy (non-hydrogen) atoms. The highest BCUT2D eigenvalue weighted by Gasteiger charge is 2.14. The van der Waals surface area contributed by atoms with Gasteiger partial charge in [-0.15, -0.1) is 0 Å². The lowest BCUT2D eigenvalue weighted by molar-refractivity contribution is -0.145. The molecule has 1 rings (SSSR count). The number of nitrogens with zero attached hydrogens (tertiary/aromatic N) is 1. The van der Waals surface area contributed by atoms with Crippen LogP contribution in [0.1, 0.15) is 32.1 Å². The molecule has 1 N–H and O–H groups in total. The Hall–Kier alpha value is -1.10. The summed E-state index contributed by atoms with van der Waals surface area (Å²) in [6.07, 6.45) is 5.65. The monoisotopic (exact) mass is 229 g/mol. The van der Waals surface area contributed by atoms with Crippen LogP contribution in [0.2, 0.25) is 0 Å².